The molecule has 5 heteroatoms. The number of hydrogen-bond acceptors (Lipinski definition) is 5. The number of methoxy groups -OCH3 is 2. The standard InChI is InChI=1S/C20H24O5/c1-22-13-15-24-20(25-16-14-23-2,18-11-7-4-8-12-18)19(21)17-9-5-3-6-10-17/h3-12H,13-16H2,1-2H3. The molecule has 5 nitrogen and oxygen atoms in total. The number of Topliss-reactive ketones (excluding diaryl/α,β-unsaturated/α-hetero) is 1. The molecular weight excluding hydrogens is 320 g/mol. The van der Waals surface area contributed by atoms with Crippen LogP contribution in [0.3, 0.4) is 0 Å². The highest BCUT2D eigenvalue weighted by Crippen LogP contribution is 2.32. The third-order valence-electron chi connectivity index (χ3n) is 3.67. The molecule has 0 saturated carbocycles. The van der Waals surface area contributed by atoms with E-state index in [0.29, 0.717) is 24.3 Å². The fraction of sp³-hybridized carbons (Fsp3) is 0.350. The summed E-state index contributed by atoms with van der Waals surface area (Å²) < 4.78 is 22.1. The highest BCUT2D eigenvalue weighted by Gasteiger charge is 2.43. The normalized spacial score (nSPS) is 11.4. The molecule has 0 N–H and O–H groups in total. The van der Waals surface area contributed by atoms with Crippen LogP contribution in [0.5, 0.6) is 0 Å². The molecule has 2 aromatic rings. The smallest absolute Gasteiger partial charge is 0.261 e. The molecule has 0 heterocycles. The van der Waals surface area contributed by atoms with Gasteiger partial charge >= 0.3 is 0 Å². The van der Waals surface area contributed by atoms with Crippen LogP contribution in [0.1, 0.15) is 15.9 Å². The van der Waals surface area contributed by atoms with Crippen molar-refractivity contribution in [1.29, 1.82) is 0 Å². The predicted octanol–water partition coefficient (Wildman–Crippen LogP) is 3.05. The summed E-state index contributed by atoms with van der Waals surface area (Å²) in [4.78, 5) is 13.3. The second kappa shape index (κ2) is 10.1. The van der Waals surface area contributed by atoms with Crippen LogP contribution in [0, 0.1) is 0 Å². The van der Waals surface area contributed by atoms with Crippen molar-refractivity contribution in [2.24, 2.45) is 0 Å². The van der Waals surface area contributed by atoms with Gasteiger partial charge in [0, 0.05) is 25.3 Å². The molecular formula is C20H24O5. The molecule has 2 rings (SSSR count). The molecule has 25 heavy (non-hydrogen) atoms. The summed E-state index contributed by atoms with van der Waals surface area (Å²) >= 11 is 0. The molecule has 0 unspecified atom stereocenters. The first kappa shape index (κ1) is 19.3. The van der Waals surface area contributed by atoms with Gasteiger partial charge in [0.15, 0.2) is 0 Å². The summed E-state index contributed by atoms with van der Waals surface area (Å²) in [5.74, 6) is -1.80. The summed E-state index contributed by atoms with van der Waals surface area (Å²) in [7, 11) is 3.16. The van der Waals surface area contributed by atoms with Crippen LogP contribution in [-0.4, -0.2) is 46.4 Å². The number of hydrogen-bond donors (Lipinski definition) is 0. The summed E-state index contributed by atoms with van der Waals surface area (Å²) in [5.41, 5.74) is 1.15. The SMILES string of the molecule is COCCOC(OCCOC)(C(=O)c1ccccc1)c1ccccc1. The highest BCUT2D eigenvalue weighted by molar-refractivity contribution is 6.02. The molecule has 0 aromatic heterocycles. The highest BCUT2D eigenvalue weighted by atomic mass is 16.7. The van der Waals surface area contributed by atoms with Gasteiger partial charge in [0.1, 0.15) is 0 Å². The number of carbonyl (C=O) groups is 1. The van der Waals surface area contributed by atoms with E-state index in [9.17, 15) is 4.79 Å². The van der Waals surface area contributed by atoms with Crippen LogP contribution in [0.15, 0.2) is 60.7 Å². The lowest BCUT2D eigenvalue weighted by Crippen LogP contribution is -2.43. The second-order valence-corrected chi connectivity index (χ2v) is 5.36. The Kier molecular flexibility index (Phi) is 7.76. The van der Waals surface area contributed by atoms with Gasteiger partial charge < -0.3 is 18.9 Å². The fourth-order valence-electron chi connectivity index (χ4n) is 2.45. The Balaban J connectivity index is 2.42. The molecule has 0 atom stereocenters. The van der Waals surface area contributed by atoms with Crippen molar-refractivity contribution in [3.05, 3.63) is 71.8 Å². The van der Waals surface area contributed by atoms with E-state index in [1.807, 2.05) is 48.5 Å². The molecule has 0 saturated heterocycles. The molecule has 0 aliphatic rings. The summed E-state index contributed by atoms with van der Waals surface area (Å²) in [6.07, 6.45) is 0. The van der Waals surface area contributed by atoms with Gasteiger partial charge in [-0.15, -0.1) is 0 Å². The Morgan fingerprint density at radius 2 is 1.24 bits per heavy atom. The predicted molar refractivity (Wildman–Crippen MR) is 94.5 cm³/mol. The monoisotopic (exact) mass is 344 g/mol. The van der Waals surface area contributed by atoms with Crippen molar-refractivity contribution < 1.29 is 23.7 Å². The molecule has 0 fully saturated rings. The zero-order valence-electron chi connectivity index (χ0n) is 14.6. The van der Waals surface area contributed by atoms with Crippen LogP contribution < -0.4 is 0 Å². The van der Waals surface area contributed by atoms with Gasteiger partial charge in [0.25, 0.3) is 5.79 Å². The lowest BCUT2D eigenvalue weighted by Gasteiger charge is -2.33. The van der Waals surface area contributed by atoms with Gasteiger partial charge in [-0.2, -0.15) is 0 Å². The van der Waals surface area contributed by atoms with E-state index in [2.05, 4.69) is 0 Å². The minimum atomic E-state index is -1.54. The first-order valence-corrected chi connectivity index (χ1v) is 8.15. The number of ketones is 1. The Morgan fingerprint density at radius 1 is 0.760 bits per heavy atom. The average Bonchev–Trinajstić information content (AvgIpc) is 2.68. The molecule has 0 radical (unpaired) electrons. The van der Waals surface area contributed by atoms with Gasteiger partial charge in [0.05, 0.1) is 26.4 Å². The zero-order chi connectivity index (χ0) is 18.0. The molecule has 0 aliphatic heterocycles. The molecule has 2 aromatic carbocycles. The topological polar surface area (TPSA) is 54.0 Å². The first-order chi connectivity index (χ1) is 12.2. The van der Waals surface area contributed by atoms with E-state index in [1.54, 1.807) is 26.4 Å². The Hall–Kier alpha value is -2.05. The van der Waals surface area contributed by atoms with Crippen LogP contribution >= 0.6 is 0 Å². The Morgan fingerprint density at radius 3 is 1.72 bits per heavy atom. The number of carbonyl (C=O) groups excluding carboxylic acids is 1. The van der Waals surface area contributed by atoms with Crippen molar-refractivity contribution in [2.45, 2.75) is 5.79 Å². The largest absolute Gasteiger partial charge is 0.382 e. The number of rotatable bonds is 11. The summed E-state index contributed by atoms with van der Waals surface area (Å²) in [6, 6.07) is 18.2. The molecule has 0 spiro atoms. The maximum atomic E-state index is 13.3. The van der Waals surface area contributed by atoms with Crippen LogP contribution in [0.25, 0.3) is 0 Å². The summed E-state index contributed by atoms with van der Waals surface area (Å²) in [6.45, 7) is 1.14. The summed E-state index contributed by atoms with van der Waals surface area (Å²) in [5, 5.41) is 0. The average molecular weight is 344 g/mol. The lowest BCUT2D eigenvalue weighted by molar-refractivity contribution is -0.218. The molecule has 134 valence electrons. The maximum absolute atomic E-state index is 13.3. The minimum absolute atomic E-state index is 0.219. The Labute approximate surface area is 148 Å². The van der Waals surface area contributed by atoms with Crippen LogP contribution in [0.4, 0.5) is 0 Å². The number of ether oxygens (including phenoxy) is 4. The number of benzene rings is 2. The van der Waals surface area contributed by atoms with E-state index < -0.39 is 5.79 Å². The lowest BCUT2D eigenvalue weighted by atomic mass is 9.95. The van der Waals surface area contributed by atoms with E-state index >= 15 is 0 Å². The third-order valence-corrected chi connectivity index (χ3v) is 3.67. The fourth-order valence-corrected chi connectivity index (χ4v) is 2.45. The minimum Gasteiger partial charge on any atom is -0.382 e. The van der Waals surface area contributed by atoms with Gasteiger partial charge in [0.2, 0.25) is 5.78 Å². The first-order valence-electron chi connectivity index (χ1n) is 8.15. The molecule has 0 aliphatic carbocycles. The third kappa shape index (κ3) is 4.96. The van der Waals surface area contributed by atoms with Gasteiger partial charge in [-0.25, -0.2) is 0 Å². The van der Waals surface area contributed by atoms with Crippen molar-refractivity contribution in [2.75, 3.05) is 40.6 Å². The van der Waals surface area contributed by atoms with E-state index in [0.717, 1.165) is 0 Å². The van der Waals surface area contributed by atoms with Gasteiger partial charge in [-0.05, 0) is 0 Å². The van der Waals surface area contributed by atoms with E-state index in [1.165, 1.54) is 0 Å². The molecule has 0 amide bonds. The Bertz CT molecular complexity index is 617. The van der Waals surface area contributed by atoms with Crippen molar-refractivity contribution in [3.63, 3.8) is 0 Å². The van der Waals surface area contributed by atoms with Crippen LogP contribution in [-0.2, 0) is 24.7 Å². The second-order valence-electron chi connectivity index (χ2n) is 5.36. The quantitative estimate of drug-likeness (QED) is 0.356. The van der Waals surface area contributed by atoms with Crippen LogP contribution in [0.2, 0.25) is 0 Å². The maximum Gasteiger partial charge on any atom is 0.261 e. The van der Waals surface area contributed by atoms with E-state index in [4.69, 9.17) is 18.9 Å². The van der Waals surface area contributed by atoms with Crippen molar-refractivity contribution in [3.8, 4) is 0 Å². The van der Waals surface area contributed by atoms with E-state index in [-0.39, 0.29) is 19.0 Å². The van der Waals surface area contributed by atoms with Gasteiger partial charge in [-0.3, -0.25) is 4.79 Å². The van der Waals surface area contributed by atoms with Gasteiger partial charge in [-0.1, -0.05) is 60.7 Å². The van der Waals surface area contributed by atoms with Crippen molar-refractivity contribution in [1.82, 2.24) is 0 Å². The van der Waals surface area contributed by atoms with Crippen molar-refractivity contribution >= 4 is 5.78 Å². The zero-order valence-corrected chi connectivity index (χ0v) is 14.6. The molecule has 0 bridgehead atoms.